The van der Waals surface area contributed by atoms with Crippen LogP contribution in [0.5, 0.6) is 0 Å². The van der Waals surface area contributed by atoms with Gasteiger partial charge in [-0.15, -0.1) is 0 Å². The number of rotatable bonds is 4. The number of fused-ring (bicyclic) bond motifs is 1. The smallest absolute Gasteiger partial charge is 0.190 e. The zero-order valence-electron chi connectivity index (χ0n) is 11.7. The average molecular weight is 280 g/mol. The van der Waals surface area contributed by atoms with E-state index in [4.69, 9.17) is 18.9 Å². The van der Waals surface area contributed by atoms with Crippen LogP contribution in [-0.4, -0.2) is 42.1 Å². The number of hydrogen-bond donors (Lipinski definition) is 1. The molecule has 1 unspecified atom stereocenters. The Morgan fingerprint density at radius 2 is 1.95 bits per heavy atom. The summed E-state index contributed by atoms with van der Waals surface area (Å²) in [6, 6.07) is 9.89. The molecule has 2 aliphatic heterocycles. The lowest BCUT2D eigenvalue weighted by Gasteiger charge is -2.22. The summed E-state index contributed by atoms with van der Waals surface area (Å²) in [5, 5.41) is 10.2. The zero-order chi connectivity index (χ0) is 14.2. The Hall–Kier alpha value is -0.980. The molecule has 5 nitrogen and oxygen atoms in total. The van der Waals surface area contributed by atoms with Gasteiger partial charge < -0.3 is 24.1 Å². The molecule has 2 aliphatic rings. The fourth-order valence-electron chi connectivity index (χ4n) is 2.56. The Morgan fingerprint density at radius 1 is 1.20 bits per heavy atom. The molecule has 2 fully saturated rings. The maximum Gasteiger partial charge on any atom is 0.190 e. The quantitative estimate of drug-likeness (QED) is 0.904. The van der Waals surface area contributed by atoms with Crippen molar-refractivity contribution in [3.8, 4) is 0 Å². The summed E-state index contributed by atoms with van der Waals surface area (Å²) in [6.45, 7) is 4.43. The largest absolute Gasteiger partial charge is 0.387 e. The second kappa shape index (κ2) is 5.42. The van der Waals surface area contributed by atoms with E-state index in [9.17, 15) is 5.11 Å². The molecule has 2 heterocycles. The molecule has 0 bridgehead atoms. The average Bonchev–Trinajstić information content (AvgIpc) is 2.86. The van der Waals surface area contributed by atoms with E-state index in [0.717, 1.165) is 5.56 Å². The summed E-state index contributed by atoms with van der Waals surface area (Å²) in [5.74, 6) is -0.702. The first-order chi connectivity index (χ1) is 9.55. The highest BCUT2D eigenvalue weighted by Crippen LogP contribution is 2.37. The van der Waals surface area contributed by atoms with Crippen LogP contribution >= 0.6 is 0 Å². The topological polar surface area (TPSA) is 57.2 Å². The monoisotopic (exact) mass is 280 g/mol. The number of aliphatic hydroxyl groups is 1. The van der Waals surface area contributed by atoms with Crippen LogP contribution in [0.4, 0.5) is 0 Å². The number of ether oxygens (including phenoxy) is 4. The third-order valence-corrected chi connectivity index (χ3v) is 3.51. The second-order valence-corrected chi connectivity index (χ2v) is 5.63. The standard InChI is InChI=1S/C15H20O5/c1-15(2)19-13-12(16)11(18-14(13)20-15)9-17-8-10-6-4-3-5-7-10/h3-7,11-14,16H,8-9H2,1-2H3/t11-,12?,13+,14+/m1/s1. The van der Waals surface area contributed by atoms with E-state index in [2.05, 4.69) is 0 Å². The molecule has 20 heavy (non-hydrogen) atoms. The summed E-state index contributed by atoms with van der Waals surface area (Å²) in [5.41, 5.74) is 1.09. The van der Waals surface area contributed by atoms with Gasteiger partial charge >= 0.3 is 0 Å². The molecule has 0 radical (unpaired) electrons. The first-order valence-corrected chi connectivity index (χ1v) is 6.86. The zero-order valence-corrected chi connectivity index (χ0v) is 11.7. The van der Waals surface area contributed by atoms with Gasteiger partial charge in [0.1, 0.15) is 18.3 Å². The number of benzene rings is 1. The molecular weight excluding hydrogens is 260 g/mol. The van der Waals surface area contributed by atoms with Gasteiger partial charge in [0, 0.05) is 0 Å². The predicted molar refractivity (Wildman–Crippen MR) is 70.8 cm³/mol. The Bertz CT molecular complexity index is 447. The van der Waals surface area contributed by atoms with E-state index < -0.39 is 30.4 Å². The minimum Gasteiger partial charge on any atom is -0.387 e. The predicted octanol–water partition coefficient (Wildman–Crippen LogP) is 1.44. The van der Waals surface area contributed by atoms with E-state index in [-0.39, 0.29) is 0 Å². The first kappa shape index (κ1) is 14.0. The molecule has 3 rings (SSSR count). The Labute approximate surface area is 118 Å². The molecule has 0 saturated carbocycles. The van der Waals surface area contributed by atoms with Gasteiger partial charge in [-0.3, -0.25) is 0 Å². The minimum absolute atomic E-state index is 0.316. The lowest BCUT2D eigenvalue weighted by molar-refractivity contribution is -0.220. The fourth-order valence-corrected chi connectivity index (χ4v) is 2.56. The molecule has 2 saturated heterocycles. The van der Waals surface area contributed by atoms with E-state index in [1.54, 1.807) is 0 Å². The Morgan fingerprint density at radius 3 is 2.65 bits per heavy atom. The molecule has 0 aromatic heterocycles. The van der Waals surface area contributed by atoms with Crippen molar-refractivity contribution in [1.82, 2.24) is 0 Å². The van der Waals surface area contributed by atoms with E-state index in [0.29, 0.717) is 13.2 Å². The lowest BCUT2D eigenvalue weighted by Crippen LogP contribution is -2.36. The van der Waals surface area contributed by atoms with Gasteiger partial charge in [0.2, 0.25) is 0 Å². The van der Waals surface area contributed by atoms with Crippen LogP contribution in [-0.2, 0) is 25.6 Å². The van der Waals surface area contributed by atoms with Crippen molar-refractivity contribution in [2.75, 3.05) is 6.61 Å². The fraction of sp³-hybridized carbons (Fsp3) is 0.600. The molecule has 1 aromatic carbocycles. The van der Waals surface area contributed by atoms with E-state index in [1.165, 1.54) is 0 Å². The van der Waals surface area contributed by atoms with E-state index >= 15 is 0 Å². The van der Waals surface area contributed by atoms with Crippen molar-refractivity contribution in [1.29, 1.82) is 0 Å². The summed E-state index contributed by atoms with van der Waals surface area (Å²) < 4.78 is 22.4. The number of aliphatic hydroxyl groups excluding tert-OH is 1. The number of hydrogen-bond acceptors (Lipinski definition) is 5. The molecule has 1 aromatic rings. The summed E-state index contributed by atoms with van der Waals surface area (Å²) in [4.78, 5) is 0. The van der Waals surface area contributed by atoms with Gasteiger partial charge in [-0.1, -0.05) is 30.3 Å². The summed E-state index contributed by atoms with van der Waals surface area (Å²) >= 11 is 0. The normalized spacial score (nSPS) is 35.1. The van der Waals surface area contributed by atoms with Crippen LogP contribution in [0.1, 0.15) is 19.4 Å². The summed E-state index contributed by atoms with van der Waals surface area (Å²) in [6.07, 6.45) is -2.08. The SMILES string of the molecule is CC1(C)O[C@@H]2O[C@H](COCc3ccccc3)C(O)[C@@H]2O1. The van der Waals surface area contributed by atoms with Gasteiger partial charge in [-0.25, -0.2) is 0 Å². The lowest BCUT2D eigenvalue weighted by atomic mass is 10.1. The van der Waals surface area contributed by atoms with Crippen LogP contribution in [0.15, 0.2) is 30.3 Å². The van der Waals surface area contributed by atoms with Crippen LogP contribution < -0.4 is 0 Å². The van der Waals surface area contributed by atoms with Crippen LogP contribution in [0.2, 0.25) is 0 Å². The Balaban J connectivity index is 1.49. The van der Waals surface area contributed by atoms with Crippen LogP contribution in [0, 0.1) is 0 Å². The van der Waals surface area contributed by atoms with Crippen molar-refractivity contribution in [3.63, 3.8) is 0 Å². The van der Waals surface area contributed by atoms with Gasteiger partial charge in [0.05, 0.1) is 13.2 Å². The van der Waals surface area contributed by atoms with Crippen LogP contribution in [0.25, 0.3) is 0 Å². The van der Waals surface area contributed by atoms with Crippen molar-refractivity contribution in [2.45, 2.75) is 50.8 Å². The molecule has 4 atom stereocenters. The molecule has 0 aliphatic carbocycles. The highest BCUT2D eigenvalue weighted by Gasteiger charge is 2.54. The molecule has 0 spiro atoms. The third kappa shape index (κ3) is 2.87. The van der Waals surface area contributed by atoms with Crippen molar-refractivity contribution in [2.24, 2.45) is 0 Å². The second-order valence-electron chi connectivity index (χ2n) is 5.63. The molecular formula is C15H20O5. The minimum atomic E-state index is -0.724. The van der Waals surface area contributed by atoms with Gasteiger partial charge in [0.15, 0.2) is 12.1 Å². The molecule has 5 heteroatoms. The summed E-state index contributed by atoms with van der Waals surface area (Å²) in [7, 11) is 0. The van der Waals surface area contributed by atoms with E-state index in [1.807, 2.05) is 44.2 Å². The van der Waals surface area contributed by atoms with Crippen molar-refractivity contribution in [3.05, 3.63) is 35.9 Å². The molecule has 1 N–H and O–H groups in total. The first-order valence-electron chi connectivity index (χ1n) is 6.86. The van der Waals surface area contributed by atoms with Crippen LogP contribution in [0.3, 0.4) is 0 Å². The maximum absolute atomic E-state index is 10.2. The van der Waals surface area contributed by atoms with Gasteiger partial charge in [-0.05, 0) is 19.4 Å². The van der Waals surface area contributed by atoms with Crippen molar-refractivity contribution >= 4 is 0 Å². The highest BCUT2D eigenvalue weighted by atomic mass is 16.8. The van der Waals surface area contributed by atoms with Gasteiger partial charge in [0.25, 0.3) is 0 Å². The third-order valence-electron chi connectivity index (χ3n) is 3.51. The van der Waals surface area contributed by atoms with Gasteiger partial charge in [-0.2, -0.15) is 0 Å². The maximum atomic E-state index is 10.2. The van der Waals surface area contributed by atoms with Crippen molar-refractivity contribution < 1.29 is 24.1 Å². The molecule has 110 valence electrons. The Kier molecular flexibility index (Phi) is 3.79. The highest BCUT2D eigenvalue weighted by molar-refractivity contribution is 5.13. The molecule has 0 amide bonds.